The van der Waals surface area contributed by atoms with Crippen molar-refractivity contribution in [1.82, 2.24) is 0 Å². The summed E-state index contributed by atoms with van der Waals surface area (Å²) in [4.78, 5) is 11.2. The maximum atomic E-state index is 11.7. The van der Waals surface area contributed by atoms with Crippen molar-refractivity contribution in [3.05, 3.63) is 12.2 Å². The Morgan fingerprint density at radius 3 is 2.25 bits per heavy atom. The smallest absolute Gasteiger partial charge is 0.333 e. The van der Waals surface area contributed by atoms with E-state index in [1.54, 1.807) is 13.8 Å². The normalized spacial score (nSPS) is 13.2. The Morgan fingerprint density at radius 1 is 1.38 bits per heavy atom. The fourth-order valence-corrected chi connectivity index (χ4v) is 2.13. The number of esters is 1. The minimum Gasteiger partial charge on any atom is -0.459 e. The van der Waals surface area contributed by atoms with E-state index in [0.717, 1.165) is 0 Å². The highest BCUT2D eigenvalue weighted by molar-refractivity contribution is 7.53. The van der Waals surface area contributed by atoms with E-state index in [-0.39, 0.29) is 12.3 Å². The van der Waals surface area contributed by atoms with Crippen LogP contribution in [-0.2, 0) is 23.1 Å². The van der Waals surface area contributed by atoms with Crippen LogP contribution in [0.25, 0.3) is 0 Å². The van der Waals surface area contributed by atoms with Gasteiger partial charge in [-0.25, -0.2) is 4.79 Å². The molecular weight excluding hydrogens is 231 g/mol. The zero-order valence-electron chi connectivity index (χ0n) is 10.2. The van der Waals surface area contributed by atoms with Crippen molar-refractivity contribution in [2.45, 2.75) is 26.4 Å². The lowest BCUT2D eigenvalue weighted by Crippen LogP contribution is -2.16. The van der Waals surface area contributed by atoms with Crippen LogP contribution >= 0.6 is 7.60 Å². The van der Waals surface area contributed by atoms with Crippen LogP contribution in [0.15, 0.2) is 12.2 Å². The molecule has 0 aromatic rings. The second-order valence-electron chi connectivity index (χ2n) is 3.48. The largest absolute Gasteiger partial charge is 0.459 e. The van der Waals surface area contributed by atoms with Crippen molar-refractivity contribution < 1.29 is 23.1 Å². The van der Waals surface area contributed by atoms with Gasteiger partial charge in [0.25, 0.3) is 0 Å². The van der Waals surface area contributed by atoms with E-state index < -0.39 is 13.6 Å². The van der Waals surface area contributed by atoms with Crippen molar-refractivity contribution in [3.63, 3.8) is 0 Å². The molecule has 16 heavy (non-hydrogen) atoms. The molecule has 1 atom stereocenters. The van der Waals surface area contributed by atoms with Gasteiger partial charge in [0, 0.05) is 19.8 Å². The maximum Gasteiger partial charge on any atom is 0.333 e. The number of hydrogen-bond donors (Lipinski definition) is 0. The topological polar surface area (TPSA) is 61.8 Å². The fraction of sp³-hybridized carbons (Fsp3) is 0.700. The van der Waals surface area contributed by atoms with Gasteiger partial charge in [-0.15, -0.1) is 0 Å². The first kappa shape index (κ1) is 15.4. The molecular formula is C10H19O5P. The van der Waals surface area contributed by atoms with E-state index in [1.165, 1.54) is 14.2 Å². The predicted octanol–water partition coefficient (Wildman–Crippen LogP) is 2.37. The van der Waals surface area contributed by atoms with E-state index in [0.29, 0.717) is 12.0 Å². The third-order valence-corrected chi connectivity index (χ3v) is 3.94. The number of hydrogen-bond acceptors (Lipinski definition) is 5. The molecule has 0 aliphatic rings. The highest BCUT2D eigenvalue weighted by Crippen LogP contribution is 2.47. The summed E-state index contributed by atoms with van der Waals surface area (Å²) in [5, 5.41) is 0. The molecule has 0 heterocycles. The van der Waals surface area contributed by atoms with Gasteiger partial charge in [0.1, 0.15) is 0 Å². The zero-order chi connectivity index (χ0) is 12.8. The Morgan fingerprint density at radius 2 is 1.88 bits per heavy atom. The van der Waals surface area contributed by atoms with Crippen molar-refractivity contribution in [1.29, 1.82) is 0 Å². The van der Waals surface area contributed by atoms with Crippen LogP contribution in [0.3, 0.4) is 0 Å². The summed E-state index contributed by atoms with van der Waals surface area (Å²) in [5.74, 6) is -0.447. The monoisotopic (exact) mass is 250 g/mol. The minimum absolute atomic E-state index is 0.213. The zero-order valence-corrected chi connectivity index (χ0v) is 11.1. The summed E-state index contributed by atoms with van der Waals surface area (Å²) in [6.45, 7) is 6.76. The summed E-state index contributed by atoms with van der Waals surface area (Å²) in [6.07, 6.45) is 0.283. The molecule has 0 rings (SSSR count). The van der Waals surface area contributed by atoms with Gasteiger partial charge in [0.2, 0.25) is 0 Å². The van der Waals surface area contributed by atoms with Gasteiger partial charge < -0.3 is 13.8 Å². The molecule has 6 heteroatoms. The Hall–Kier alpha value is -0.640. The molecule has 0 saturated heterocycles. The first-order valence-corrected chi connectivity index (χ1v) is 6.64. The molecule has 0 bridgehead atoms. The highest BCUT2D eigenvalue weighted by Gasteiger charge is 2.22. The quantitative estimate of drug-likeness (QED) is 0.394. The van der Waals surface area contributed by atoms with Gasteiger partial charge in [-0.05, 0) is 20.3 Å². The molecule has 0 spiro atoms. The first-order valence-electron chi connectivity index (χ1n) is 4.91. The SMILES string of the molecule is C=C(C)C(=O)OC(C)CCP(=O)(OC)OC. The van der Waals surface area contributed by atoms with Crippen LogP contribution in [0, 0.1) is 0 Å². The lowest BCUT2D eigenvalue weighted by Gasteiger charge is -2.17. The van der Waals surface area contributed by atoms with E-state index in [2.05, 4.69) is 6.58 Å². The Bertz CT molecular complexity index is 292. The van der Waals surface area contributed by atoms with Gasteiger partial charge in [-0.2, -0.15) is 0 Å². The molecule has 5 nitrogen and oxygen atoms in total. The van der Waals surface area contributed by atoms with Crippen molar-refractivity contribution in [2.24, 2.45) is 0 Å². The second kappa shape index (κ2) is 6.84. The van der Waals surface area contributed by atoms with E-state index in [9.17, 15) is 9.36 Å². The number of rotatable bonds is 7. The van der Waals surface area contributed by atoms with Gasteiger partial charge in [0.15, 0.2) is 0 Å². The number of carbonyl (C=O) groups excluding carboxylic acids is 1. The summed E-state index contributed by atoms with van der Waals surface area (Å²) >= 11 is 0. The molecule has 0 amide bonds. The van der Waals surface area contributed by atoms with E-state index >= 15 is 0 Å². The van der Waals surface area contributed by atoms with Gasteiger partial charge in [-0.1, -0.05) is 6.58 Å². The molecule has 0 aliphatic heterocycles. The Kier molecular flexibility index (Phi) is 6.56. The summed E-state index contributed by atoms with van der Waals surface area (Å²) in [5.41, 5.74) is 0.341. The summed E-state index contributed by atoms with van der Waals surface area (Å²) < 4.78 is 26.2. The molecule has 0 aromatic carbocycles. The number of carbonyl (C=O) groups is 1. The predicted molar refractivity (Wildman–Crippen MR) is 61.5 cm³/mol. The maximum absolute atomic E-state index is 11.7. The average Bonchev–Trinajstić information content (AvgIpc) is 2.25. The van der Waals surface area contributed by atoms with Crippen LogP contribution in [0.1, 0.15) is 20.3 Å². The Balaban J connectivity index is 4.07. The lowest BCUT2D eigenvalue weighted by molar-refractivity contribution is -0.143. The fourth-order valence-electron chi connectivity index (χ4n) is 0.939. The van der Waals surface area contributed by atoms with Crippen LogP contribution in [0.5, 0.6) is 0 Å². The highest BCUT2D eigenvalue weighted by atomic mass is 31.2. The molecule has 0 N–H and O–H groups in total. The van der Waals surface area contributed by atoms with Crippen LogP contribution in [0.2, 0.25) is 0 Å². The summed E-state index contributed by atoms with van der Waals surface area (Å²) in [6, 6.07) is 0. The van der Waals surface area contributed by atoms with Crippen molar-refractivity contribution in [2.75, 3.05) is 20.4 Å². The van der Waals surface area contributed by atoms with Gasteiger partial charge >= 0.3 is 13.6 Å². The van der Waals surface area contributed by atoms with E-state index in [4.69, 9.17) is 13.8 Å². The van der Waals surface area contributed by atoms with Gasteiger partial charge in [-0.3, -0.25) is 4.57 Å². The van der Waals surface area contributed by atoms with Crippen LogP contribution < -0.4 is 0 Å². The van der Waals surface area contributed by atoms with Gasteiger partial charge in [0.05, 0.1) is 12.3 Å². The minimum atomic E-state index is -3.02. The first-order chi connectivity index (χ1) is 7.34. The average molecular weight is 250 g/mol. The third kappa shape index (κ3) is 5.45. The second-order valence-corrected chi connectivity index (χ2v) is 5.88. The lowest BCUT2D eigenvalue weighted by atomic mass is 10.3. The summed E-state index contributed by atoms with van der Waals surface area (Å²) in [7, 11) is -0.359. The molecule has 0 aromatic heterocycles. The van der Waals surface area contributed by atoms with Crippen molar-refractivity contribution >= 4 is 13.6 Å². The van der Waals surface area contributed by atoms with Crippen molar-refractivity contribution in [3.8, 4) is 0 Å². The molecule has 0 aliphatic carbocycles. The Labute approximate surface area is 96.3 Å². The van der Waals surface area contributed by atoms with Crippen LogP contribution in [-0.4, -0.2) is 32.5 Å². The number of ether oxygens (including phenoxy) is 1. The molecule has 94 valence electrons. The van der Waals surface area contributed by atoms with Crippen LogP contribution in [0.4, 0.5) is 0 Å². The molecule has 0 radical (unpaired) electrons. The molecule has 1 unspecified atom stereocenters. The standard InChI is InChI=1S/C10H19O5P/c1-8(2)10(11)15-9(3)6-7-16(12,13-4)14-5/h9H,1,6-7H2,2-5H3. The third-order valence-electron chi connectivity index (χ3n) is 2.02. The van der Waals surface area contributed by atoms with E-state index in [1.807, 2.05) is 0 Å². The molecule has 0 saturated carbocycles. The molecule has 0 fully saturated rings.